The smallest absolute Gasteiger partial charge is 0.247 e. The average molecular weight is 266 g/mol. The molecule has 1 heterocycles. The molecule has 5 nitrogen and oxygen atoms in total. The number of fused-ring (bicyclic) bond motifs is 1. The lowest BCUT2D eigenvalue weighted by Crippen LogP contribution is -2.36. The predicted molar refractivity (Wildman–Crippen MR) is 72.4 cm³/mol. The van der Waals surface area contributed by atoms with E-state index in [9.17, 15) is 4.79 Å². The number of hydrogen-bond acceptors (Lipinski definition) is 4. The summed E-state index contributed by atoms with van der Waals surface area (Å²) in [5.41, 5.74) is 0.741. The highest BCUT2D eigenvalue weighted by atomic mass is 16.5. The predicted octanol–water partition coefficient (Wildman–Crippen LogP) is 1.03. The number of carbonyl (C=O) groups is 1. The van der Waals surface area contributed by atoms with Crippen LogP contribution in [0.15, 0.2) is 23.6 Å². The first-order valence-corrected chi connectivity index (χ1v) is 6.66. The second-order valence-corrected chi connectivity index (χ2v) is 4.98. The molecule has 1 saturated heterocycles. The Labute approximate surface area is 114 Å². The van der Waals surface area contributed by atoms with E-state index in [1.807, 2.05) is 19.9 Å². The van der Waals surface area contributed by atoms with Gasteiger partial charge in [-0.25, -0.2) is 0 Å². The first-order chi connectivity index (χ1) is 9.11. The van der Waals surface area contributed by atoms with Gasteiger partial charge in [-0.3, -0.25) is 9.69 Å². The van der Waals surface area contributed by atoms with Crippen molar-refractivity contribution >= 4 is 5.91 Å². The van der Waals surface area contributed by atoms with E-state index in [1.54, 1.807) is 13.2 Å². The highest BCUT2D eigenvalue weighted by Gasteiger charge is 2.44. The Morgan fingerprint density at radius 3 is 3.05 bits per heavy atom. The SMILES string of the molecule is COC(C)=C(C)NC(=O)C=CCN1CCOC2CC21. The summed E-state index contributed by atoms with van der Waals surface area (Å²) in [5, 5.41) is 2.78. The highest BCUT2D eigenvalue weighted by Crippen LogP contribution is 2.33. The molecule has 2 atom stereocenters. The topological polar surface area (TPSA) is 50.8 Å². The molecule has 0 aromatic rings. The summed E-state index contributed by atoms with van der Waals surface area (Å²) in [6.07, 6.45) is 5.06. The number of carbonyl (C=O) groups excluding carboxylic acids is 1. The van der Waals surface area contributed by atoms with Crippen LogP contribution in [0.1, 0.15) is 20.3 Å². The fourth-order valence-corrected chi connectivity index (χ4v) is 2.20. The Morgan fingerprint density at radius 1 is 1.53 bits per heavy atom. The molecule has 2 aliphatic rings. The zero-order chi connectivity index (χ0) is 13.8. The van der Waals surface area contributed by atoms with Gasteiger partial charge < -0.3 is 14.8 Å². The number of ether oxygens (including phenoxy) is 2. The van der Waals surface area contributed by atoms with Crippen LogP contribution in [-0.4, -0.2) is 49.8 Å². The maximum absolute atomic E-state index is 11.7. The van der Waals surface area contributed by atoms with Crippen LogP contribution in [0.4, 0.5) is 0 Å². The van der Waals surface area contributed by atoms with Gasteiger partial charge in [-0.05, 0) is 20.3 Å². The van der Waals surface area contributed by atoms with Crippen molar-refractivity contribution in [2.24, 2.45) is 0 Å². The number of nitrogens with zero attached hydrogens (tertiary/aromatic N) is 1. The lowest BCUT2D eigenvalue weighted by Gasteiger charge is -2.24. The number of nitrogens with one attached hydrogen (secondary N) is 1. The number of allylic oxidation sites excluding steroid dienone is 2. The molecule has 19 heavy (non-hydrogen) atoms. The minimum Gasteiger partial charge on any atom is -0.500 e. The van der Waals surface area contributed by atoms with Crippen molar-refractivity contribution in [3.05, 3.63) is 23.6 Å². The molecule has 5 heteroatoms. The molecule has 1 aliphatic heterocycles. The fourth-order valence-electron chi connectivity index (χ4n) is 2.20. The van der Waals surface area contributed by atoms with Gasteiger partial charge >= 0.3 is 0 Å². The van der Waals surface area contributed by atoms with Gasteiger partial charge in [0.1, 0.15) is 5.76 Å². The summed E-state index contributed by atoms with van der Waals surface area (Å²) in [6, 6.07) is 0.568. The Morgan fingerprint density at radius 2 is 2.32 bits per heavy atom. The van der Waals surface area contributed by atoms with Crippen molar-refractivity contribution < 1.29 is 14.3 Å². The zero-order valence-corrected chi connectivity index (χ0v) is 11.8. The third-order valence-electron chi connectivity index (χ3n) is 3.63. The normalized spacial score (nSPS) is 27.7. The van der Waals surface area contributed by atoms with E-state index in [0.29, 0.717) is 12.1 Å². The van der Waals surface area contributed by atoms with Gasteiger partial charge in [-0.1, -0.05) is 6.08 Å². The van der Waals surface area contributed by atoms with Gasteiger partial charge in [0.2, 0.25) is 5.91 Å². The highest BCUT2D eigenvalue weighted by molar-refractivity contribution is 5.88. The van der Waals surface area contributed by atoms with Crippen molar-refractivity contribution in [1.82, 2.24) is 10.2 Å². The summed E-state index contributed by atoms with van der Waals surface area (Å²) in [5.74, 6) is 0.602. The van der Waals surface area contributed by atoms with Gasteiger partial charge in [0.15, 0.2) is 0 Å². The number of amides is 1. The summed E-state index contributed by atoms with van der Waals surface area (Å²) in [7, 11) is 1.59. The van der Waals surface area contributed by atoms with Crippen molar-refractivity contribution in [3.8, 4) is 0 Å². The van der Waals surface area contributed by atoms with Crippen LogP contribution in [0.5, 0.6) is 0 Å². The average Bonchev–Trinajstić information content (AvgIpc) is 3.17. The van der Waals surface area contributed by atoms with E-state index < -0.39 is 0 Å². The molecular formula is C14H22N2O3. The minimum atomic E-state index is -0.116. The van der Waals surface area contributed by atoms with Crippen LogP contribution in [-0.2, 0) is 14.3 Å². The molecule has 0 spiro atoms. The van der Waals surface area contributed by atoms with Gasteiger partial charge in [-0.2, -0.15) is 0 Å². The lowest BCUT2D eigenvalue weighted by molar-refractivity contribution is -0.115. The van der Waals surface area contributed by atoms with Gasteiger partial charge in [0.05, 0.1) is 25.5 Å². The standard InChI is InChI=1S/C14H22N2O3/c1-10(11(2)18-3)15-14(17)5-4-6-16-7-8-19-13-9-12(13)16/h4-5,12-13H,6-9H2,1-3H3,(H,15,17). The van der Waals surface area contributed by atoms with Crippen LogP contribution < -0.4 is 5.32 Å². The molecule has 0 aromatic carbocycles. The quantitative estimate of drug-likeness (QED) is 0.596. The van der Waals surface area contributed by atoms with Crippen molar-refractivity contribution in [3.63, 3.8) is 0 Å². The van der Waals surface area contributed by atoms with E-state index in [4.69, 9.17) is 9.47 Å². The second kappa shape index (κ2) is 6.21. The van der Waals surface area contributed by atoms with Crippen LogP contribution in [0.25, 0.3) is 0 Å². The molecule has 0 radical (unpaired) electrons. The van der Waals surface area contributed by atoms with E-state index in [-0.39, 0.29) is 5.91 Å². The first-order valence-electron chi connectivity index (χ1n) is 6.66. The van der Waals surface area contributed by atoms with Crippen LogP contribution in [0, 0.1) is 0 Å². The van der Waals surface area contributed by atoms with Gasteiger partial charge in [0.25, 0.3) is 0 Å². The van der Waals surface area contributed by atoms with Crippen LogP contribution in [0.3, 0.4) is 0 Å². The van der Waals surface area contributed by atoms with Crippen molar-refractivity contribution in [2.45, 2.75) is 32.4 Å². The third kappa shape index (κ3) is 3.81. The minimum absolute atomic E-state index is 0.116. The van der Waals surface area contributed by atoms with E-state index in [2.05, 4.69) is 10.2 Å². The van der Waals surface area contributed by atoms with Gasteiger partial charge in [0, 0.05) is 25.2 Å². The van der Waals surface area contributed by atoms with Crippen LogP contribution >= 0.6 is 0 Å². The first kappa shape index (κ1) is 14.1. The van der Waals surface area contributed by atoms with E-state index in [0.717, 1.165) is 37.6 Å². The Kier molecular flexibility index (Phi) is 4.61. The summed E-state index contributed by atoms with van der Waals surface area (Å²) in [4.78, 5) is 14.0. The molecule has 0 aromatic heterocycles. The number of hydrogen-bond donors (Lipinski definition) is 1. The third-order valence-corrected chi connectivity index (χ3v) is 3.63. The molecule has 1 N–H and O–H groups in total. The summed E-state index contributed by atoms with van der Waals surface area (Å²) in [6.45, 7) is 6.20. The zero-order valence-electron chi connectivity index (χ0n) is 11.8. The Balaban J connectivity index is 1.74. The summed E-state index contributed by atoms with van der Waals surface area (Å²) >= 11 is 0. The molecule has 1 saturated carbocycles. The van der Waals surface area contributed by atoms with Crippen molar-refractivity contribution in [2.75, 3.05) is 26.8 Å². The second-order valence-electron chi connectivity index (χ2n) is 4.98. The molecule has 2 fully saturated rings. The fraction of sp³-hybridized carbons (Fsp3) is 0.643. The molecule has 2 rings (SSSR count). The van der Waals surface area contributed by atoms with Crippen LogP contribution in [0.2, 0.25) is 0 Å². The molecule has 1 aliphatic carbocycles. The van der Waals surface area contributed by atoms with Crippen molar-refractivity contribution in [1.29, 1.82) is 0 Å². The van der Waals surface area contributed by atoms with Gasteiger partial charge in [-0.15, -0.1) is 0 Å². The Bertz CT molecular complexity index is 403. The number of methoxy groups -OCH3 is 1. The molecule has 1 amide bonds. The molecular weight excluding hydrogens is 244 g/mol. The summed E-state index contributed by atoms with van der Waals surface area (Å²) < 4.78 is 10.6. The van der Waals surface area contributed by atoms with E-state index >= 15 is 0 Å². The Hall–Kier alpha value is -1.33. The molecule has 2 unspecified atom stereocenters. The lowest BCUT2D eigenvalue weighted by atomic mass is 10.3. The van der Waals surface area contributed by atoms with E-state index in [1.165, 1.54) is 0 Å². The molecule has 0 bridgehead atoms. The largest absolute Gasteiger partial charge is 0.500 e. The monoisotopic (exact) mass is 266 g/mol. The maximum atomic E-state index is 11.7. The number of rotatable bonds is 5. The number of morpholine rings is 1. The molecule has 106 valence electrons. The maximum Gasteiger partial charge on any atom is 0.247 e.